The number of nitrogens with zero attached hydrogens (tertiary/aromatic N) is 1. The molecule has 1 heterocycles. The van der Waals surface area contributed by atoms with E-state index >= 15 is 0 Å². The van der Waals surface area contributed by atoms with Crippen LogP contribution in [0.4, 0.5) is 0 Å². The number of aromatic nitrogens is 1. The molecule has 1 heteroatoms. The van der Waals surface area contributed by atoms with Crippen LogP contribution >= 0.6 is 0 Å². The van der Waals surface area contributed by atoms with Gasteiger partial charge in [0, 0.05) is 23.5 Å². The van der Waals surface area contributed by atoms with Crippen molar-refractivity contribution in [3.63, 3.8) is 0 Å². The Morgan fingerprint density at radius 1 is 0.684 bits per heavy atom. The van der Waals surface area contributed by atoms with E-state index in [9.17, 15) is 0 Å². The lowest BCUT2D eigenvalue weighted by Gasteiger charge is -2.21. The minimum atomic E-state index is 0.179. The summed E-state index contributed by atoms with van der Waals surface area (Å²) in [4.78, 5) is 0. The maximum atomic E-state index is 2.42. The van der Waals surface area contributed by atoms with E-state index in [1.807, 2.05) is 0 Å². The highest BCUT2D eigenvalue weighted by Crippen LogP contribution is 2.38. The molecule has 104 valence electrons. The summed E-state index contributed by atoms with van der Waals surface area (Å²) < 4.78 is 2.42. The van der Waals surface area contributed by atoms with Gasteiger partial charge in [-0.15, -0.1) is 0 Å². The summed E-state index contributed by atoms with van der Waals surface area (Å²) in [6, 6.07) is 0. The summed E-state index contributed by atoms with van der Waals surface area (Å²) in [5.74, 6) is 0. The van der Waals surface area contributed by atoms with Crippen molar-refractivity contribution in [3.05, 3.63) is 33.5 Å². The third kappa shape index (κ3) is 1.82. The number of hydrogen-bond acceptors (Lipinski definition) is 0. The first-order valence-electron chi connectivity index (χ1n) is 7.14. The smallest absolute Gasteiger partial charge is 0.0518 e. The molecule has 0 aliphatic rings. The predicted octanol–water partition coefficient (Wildman–Crippen LogP) is 5.02. The molecule has 0 aliphatic heterocycles. The second-order valence-electron chi connectivity index (χ2n) is 7.01. The van der Waals surface area contributed by atoms with Gasteiger partial charge in [-0.3, -0.25) is 0 Å². The number of aryl methyl sites for hydroxylation is 4. The topological polar surface area (TPSA) is 4.93 Å². The molecule has 0 saturated carbocycles. The molecule has 0 fully saturated rings. The fourth-order valence-electron chi connectivity index (χ4n) is 3.72. The molecule has 2 rings (SSSR count). The fraction of sp³-hybridized carbons (Fsp3) is 0.556. The molecule has 2 aromatic rings. The molecule has 19 heavy (non-hydrogen) atoms. The van der Waals surface area contributed by atoms with Crippen LogP contribution < -0.4 is 0 Å². The van der Waals surface area contributed by atoms with Crippen molar-refractivity contribution in [3.8, 4) is 0 Å². The van der Waals surface area contributed by atoms with Crippen LogP contribution in [-0.2, 0) is 12.5 Å². The van der Waals surface area contributed by atoms with Crippen molar-refractivity contribution >= 4 is 10.9 Å². The molecule has 1 aromatic heterocycles. The van der Waals surface area contributed by atoms with Gasteiger partial charge in [-0.1, -0.05) is 20.8 Å². The SMILES string of the molecule is Cc1c(C)c(C)c2c(c1C)c(C)c(C(C)(C)C)n2C. The summed E-state index contributed by atoms with van der Waals surface area (Å²) in [5, 5.41) is 1.47. The monoisotopic (exact) mass is 257 g/mol. The first kappa shape index (κ1) is 14.2. The zero-order chi connectivity index (χ0) is 14.7. The van der Waals surface area contributed by atoms with Crippen molar-refractivity contribution < 1.29 is 0 Å². The lowest BCUT2D eigenvalue weighted by Crippen LogP contribution is -2.17. The second kappa shape index (κ2) is 4.13. The van der Waals surface area contributed by atoms with Crippen LogP contribution in [-0.4, -0.2) is 4.57 Å². The van der Waals surface area contributed by atoms with Gasteiger partial charge >= 0.3 is 0 Å². The molecule has 0 atom stereocenters. The Morgan fingerprint density at radius 2 is 1.16 bits per heavy atom. The zero-order valence-corrected chi connectivity index (χ0v) is 13.9. The highest BCUT2D eigenvalue weighted by Gasteiger charge is 2.25. The van der Waals surface area contributed by atoms with E-state index in [0.717, 1.165) is 0 Å². The van der Waals surface area contributed by atoms with Gasteiger partial charge in [0.2, 0.25) is 0 Å². The minimum absolute atomic E-state index is 0.179. The molecular weight excluding hydrogens is 230 g/mol. The van der Waals surface area contributed by atoms with Crippen molar-refractivity contribution in [2.45, 2.75) is 60.8 Å². The summed E-state index contributed by atoms with van der Waals surface area (Å²) in [6.07, 6.45) is 0. The summed E-state index contributed by atoms with van der Waals surface area (Å²) >= 11 is 0. The summed E-state index contributed by atoms with van der Waals surface area (Å²) in [5.41, 5.74) is 10.3. The van der Waals surface area contributed by atoms with Gasteiger partial charge in [0.25, 0.3) is 0 Å². The Bertz CT molecular complexity index is 613. The molecule has 0 saturated heterocycles. The third-order valence-electron chi connectivity index (χ3n) is 4.77. The molecular formula is C18H27N. The van der Waals surface area contributed by atoms with Crippen LogP contribution in [0.25, 0.3) is 10.9 Å². The van der Waals surface area contributed by atoms with E-state index < -0.39 is 0 Å². The quantitative estimate of drug-likeness (QED) is 0.624. The molecule has 0 radical (unpaired) electrons. The number of fused-ring (bicyclic) bond motifs is 1. The molecule has 1 nitrogen and oxygen atoms in total. The Hall–Kier alpha value is -1.24. The van der Waals surface area contributed by atoms with E-state index in [1.165, 1.54) is 44.4 Å². The average Bonchev–Trinajstić information content (AvgIpc) is 2.55. The second-order valence-corrected chi connectivity index (χ2v) is 7.01. The van der Waals surface area contributed by atoms with Gasteiger partial charge in [-0.25, -0.2) is 0 Å². The van der Waals surface area contributed by atoms with Gasteiger partial charge in [0.1, 0.15) is 0 Å². The first-order valence-corrected chi connectivity index (χ1v) is 7.14. The highest BCUT2D eigenvalue weighted by atomic mass is 15.0. The van der Waals surface area contributed by atoms with Gasteiger partial charge in [0.15, 0.2) is 0 Å². The van der Waals surface area contributed by atoms with E-state index in [4.69, 9.17) is 0 Å². The summed E-state index contributed by atoms with van der Waals surface area (Å²) in [7, 11) is 2.22. The van der Waals surface area contributed by atoms with Crippen LogP contribution in [0.3, 0.4) is 0 Å². The number of rotatable bonds is 0. The maximum Gasteiger partial charge on any atom is 0.0518 e. The van der Waals surface area contributed by atoms with Gasteiger partial charge < -0.3 is 4.57 Å². The van der Waals surface area contributed by atoms with Crippen LogP contribution in [0.15, 0.2) is 0 Å². The Kier molecular flexibility index (Phi) is 3.08. The zero-order valence-electron chi connectivity index (χ0n) is 13.9. The van der Waals surface area contributed by atoms with Gasteiger partial charge in [-0.05, 0) is 62.4 Å². The summed E-state index contributed by atoms with van der Waals surface area (Å²) in [6.45, 7) is 18.2. The molecule has 1 aromatic carbocycles. The number of benzene rings is 1. The normalized spacial score (nSPS) is 12.5. The Morgan fingerprint density at radius 3 is 1.63 bits per heavy atom. The van der Waals surface area contributed by atoms with E-state index in [2.05, 4.69) is 67.0 Å². The predicted molar refractivity (Wildman–Crippen MR) is 85.3 cm³/mol. The Labute approximate surface area is 117 Å². The highest BCUT2D eigenvalue weighted by molar-refractivity contribution is 5.93. The Balaban J connectivity index is 3.10. The van der Waals surface area contributed by atoms with E-state index in [0.29, 0.717) is 0 Å². The van der Waals surface area contributed by atoms with Crippen LogP contribution in [0.5, 0.6) is 0 Å². The lowest BCUT2D eigenvalue weighted by atomic mass is 9.88. The average molecular weight is 257 g/mol. The van der Waals surface area contributed by atoms with Crippen molar-refractivity contribution in [2.75, 3.05) is 0 Å². The fourth-order valence-corrected chi connectivity index (χ4v) is 3.72. The third-order valence-corrected chi connectivity index (χ3v) is 4.77. The van der Waals surface area contributed by atoms with Crippen LogP contribution in [0.1, 0.15) is 54.3 Å². The standard InChI is InChI=1S/C18H27N/c1-10-11(2)13(4)16-15(12(10)3)14(5)17(19(16)9)18(6,7)8/h1-9H3. The maximum absolute atomic E-state index is 2.42. The van der Waals surface area contributed by atoms with E-state index in [1.54, 1.807) is 0 Å². The molecule has 0 bridgehead atoms. The minimum Gasteiger partial charge on any atom is -0.347 e. The van der Waals surface area contributed by atoms with Gasteiger partial charge in [-0.2, -0.15) is 0 Å². The van der Waals surface area contributed by atoms with Crippen LogP contribution in [0, 0.1) is 34.6 Å². The molecule has 0 spiro atoms. The lowest BCUT2D eigenvalue weighted by molar-refractivity contribution is 0.543. The first-order chi connectivity index (χ1) is 8.59. The molecule has 0 amide bonds. The van der Waals surface area contributed by atoms with Crippen LogP contribution in [0.2, 0.25) is 0 Å². The van der Waals surface area contributed by atoms with E-state index in [-0.39, 0.29) is 5.41 Å². The van der Waals surface area contributed by atoms with Gasteiger partial charge in [0.05, 0.1) is 5.52 Å². The molecule has 0 unspecified atom stereocenters. The number of hydrogen-bond donors (Lipinski definition) is 0. The molecule has 0 N–H and O–H groups in total. The largest absolute Gasteiger partial charge is 0.347 e. The van der Waals surface area contributed by atoms with Crippen molar-refractivity contribution in [1.29, 1.82) is 0 Å². The van der Waals surface area contributed by atoms with Crippen molar-refractivity contribution in [2.24, 2.45) is 7.05 Å². The molecule has 0 aliphatic carbocycles. The van der Waals surface area contributed by atoms with Crippen molar-refractivity contribution in [1.82, 2.24) is 4.57 Å².